The maximum Gasteiger partial charge on any atom is 0.251 e. The van der Waals surface area contributed by atoms with Gasteiger partial charge in [0.15, 0.2) is 11.6 Å². The molecule has 0 bridgehead atoms. The first-order valence-corrected chi connectivity index (χ1v) is 6.32. The molecule has 0 heterocycles. The number of benzene rings is 2. The summed E-state index contributed by atoms with van der Waals surface area (Å²) >= 11 is 0. The van der Waals surface area contributed by atoms with Crippen molar-refractivity contribution in [3.63, 3.8) is 0 Å². The summed E-state index contributed by atoms with van der Waals surface area (Å²) in [5.74, 6) is -1.84. The molecule has 0 unspecified atom stereocenters. The van der Waals surface area contributed by atoms with Crippen molar-refractivity contribution in [3.05, 3.63) is 53.6 Å². The summed E-state index contributed by atoms with van der Waals surface area (Å²) in [6.07, 6.45) is 0. The van der Waals surface area contributed by atoms with Crippen molar-refractivity contribution in [3.8, 4) is 11.5 Å². The van der Waals surface area contributed by atoms with E-state index in [9.17, 15) is 13.6 Å². The summed E-state index contributed by atoms with van der Waals surface area (Å²) in [5, 5.41) is 2.65. The van der Waals surface area contributed by atoms with Gasteiger partial charge in [-0.3, -0.25) is 4.79 Å². The largest absolute Gasteiger partial charge is 0.455 e. The fourth-order valence-corrected chi connectivity index (χ4v) is 1.71. The Labute approximate surface area is 120 Å². The van der Waals surface area contributed by atoms with Crippen LogP contribution in [0, 0.1) is 11.6 Å². The van der Waals surface area contributed by atoms with Crippen molar-refractivity contribution in [1.82, 2.24) is 5.32 Å². The number of halogens is 2. The first-order chi connectivity index (χ1) is 10.0. The minimum atomic E-state index is -1.01. The van der Waals surface area contributed by atoms with E-state index >= 15 is 0 Å². The van der Waals surface area contributed by atoms with E-state index in [2.05, 4.69) is 5.32 Å². The second-order valence-electron chi connectivity index (χ2n) is 4.29. The van der Waals surface area contributed by atoms with Crippen molar-refractivity contribution in [1.29, 1.82) is 0 Å². The molecule has 0 spiro atoms. The highest BCUT2D eigenvalue weighted by molar-refractivity contribution is 5.95. The number of anilines is 1. The number of nitrogen functional groups attached to an aromatic ring is 1. The number of ether oxygens (including phenoxy) is 1. The smallest absolute Gasteiger partial charge is 0.251 e. The van der Waals surface area contributed by atoms with Gasteiger partial charge in [0.05, 0.1) is 5.69 Å². The normalized spacial score (nSPS) is 10.2. The van der Waals surface area contributed by atoms with E-state index in [1.165, 1.54) is 24.3 Å². The Morgan fingerprint density at radius 3 is 2.57 bits per heavy atom. The molecule has 0 fully saturated rings. The van der Waals surface area contributed by atoms with E-state index < -0.39 is 11.6 Å². The fraction of sp³-hybridized carbons (Fsp3) is 0.133. The summed E-state index contributed by atoms with van der Waals surface area (Å²) in [7, 11) is 0. The van der Waals surface area contributed by atoms with Gasteiger partial charge in [0.25, 0.3) is 5.91 Å². The number of carbonyl (C=O) groups is 1. The molecule has 2 aromatic carbocycles. The van der Waals surface area contributed by atoms with Gasteiger partial charge in [-0.2, -0.15) is 0 Å². The first kappa shape index (κ1) is 14.8. The van der Waals surface area contributed by atoms with E-state index in [0.29, 0.717) is 12.1 Å². The molecule has 110 valence electrons. The molecule has 21 heavy (non-hydrogen) atoms. The molecule has 6 heteroatoms. The molecule has 0 atom stereocenters. The van der Waals surface area contributed by atoms with Gasteiger partial charge < -0.3 is 15.8 Å². The van der Waals surface area contributed by atoms with Crippen molar-refractivity contribution < 1.29 is 18.3 Å². The van der Waals surface area contributed by atoms with Crippen LogP contribution in [0.4, 0.5) is 14.5 Å². The predicted molar refractivity (Wildman–Crippen MR) is 75.3 cm³/mol. The Bertz CT molecular complexity index is 675. The number of nitrogens with one attached hydrogen (secondary N) is 1. The lowest BCUT2D eigenvalue weighted by Gasteiger charge is -2.10. The van der Waals surface area contributed by atoms with Gasteiger partial charge >= 0.3 is 0 Å². The number of rotatable bonds is 4. The summed E-state index contributed by atoms with van der Waals surface area (Å²) < 4.78 is 31.3. The third-order valence-electron chi connectivity index (χ3n) is 2.73. The summed E-state index contributed by atoms with van der Waals surface area (Å²) in [5.41, 5.74) is 6.42. The Kier molecular flexibility index (Phi) is 4.37. The Balaban J connectivity index is 2.21. The van der Waals surface area contributed by atoms with Crippen molar-refractivity contribution in [2.75, 3.05) is 12.3 Å². The lowest BCUT2D eigenvalue weighted by molar-refractivity contribution is 0.0956. The highest BCUT2D eigenvalue weighted by atomic mass is 19.2. The van der Waals surface area contributed by atoms with Crippen molar-refractivity contribution in [2.45, 2.75) is 6.92 Å². The number of hydrogen-bond acceptors (Lipinski definition) is 3. The molecule has 0 radical (unpaired) electrons. The van der Waals surface area contributed by atoms with E-state index in [1.54, 1.807) is 0 Å². The maximum atomic E-state index is 13.1. The van der Waals surface area contributed by atoms with E-state index in [1.807, 2.05) is 6.92 Å². The lowest BCUT2D eigenvalue weighted by atomic mass is 10.1. The van der Waals surface area contributed by atoms with Crippen LogP contribution in [0.2, 0.25) is 0 Å². The van der Waals surface area contributed by atoms with Crippen molar-refractivity contribution >= 4 is 11.6 Å². The second kappa shape index (κ2) is 6.21. The van der Waals surface area contributed by atoms with Crippen molar-refractivity contribution in [2.24, 2.45) is 0 Å². The molecule has 0 saturated heterocycles. The second-order valence-corrected chi connectivity index (χ2v) is 4.29. The quantitative estimate of drug-likeness (QED) is 0.851. The van der Waals surface area contributed by atoms with Gasteiger partial charge in [-0.1, -0.05) is 0 Å². The lowest BCUT2D eigenvalue weighted by Crippen LogP contribution is -2.22. The van der Waals surface area contributed by atoms with Gasteiger partial charge in [0.1, 0.15) is 11.5 Å². The minimum absolute atomic E-state index is 0.117. The van der Waals surface area contributed by atoms with Gasteiger partial charge in [0.2, 0.25) is 0 Å². The number of carbonyl (C=O) groups excluding carboxylic acids is 1. The Morgan fingerprint density at radius 1 is 1.19 bits per heavy atom. The maximum absolute atomic E-state index is 13.1. The standard InChI is InChI=1S/C15H14F2N2O2/c1-2-19-15(20)9-3-6-14(13(18)7-9)21-10-4-5-11(16)12(17)8-10/h3-8H,2,18H2,1H3,(H,19,20). The van der Waals surface area contributed by atoms with Gasteiger partial charge in [-0.25, -0.2) is 8.78 Å². The third kappa shape index (κ3) is 3.47. The number of amides is 1. The number of nitrogens with two attached hydrogens (primary N) is 1. The van der Waals surface area contributed by atoms with Crippen LogP contribution < -0.4 is 15.8 Å². The molecule has 2 rings (SSSR count). The van der Waals surface area contributed by atoms with Crippen LogP contribution in [0.5, 0.6) is 11.5 Å². The molecule has 3 N–H and O–H groups in total. The molecule has 0 aliphatic heterocycles. The molecular weight excluding hydrogens is 278 g/mol. The monoisotopic (exact) mass is 292 g/mol. The topological polar surface area (TPSA) is 64.3 Å². The van der Waals surface area contributed by atoms with Crippen LogP contribution in [0.25, 0.3) is 0 Å². The number of hydrogen-bond donors (Lipinski definition) is 2. The van der Waals surface area contributed by atoms with Crippen LogP contribution >= 0.6 is 0 Å². The zero-order valence-electron chi connectivity index (χ0n) is 11.3. The Morgan fingerprint density at radius 2 is 1.95 bits per heavy atom. The minimum Gasteiger partial charge on any atom is -0.455 e. The predicted octanol–water partition coefficient (Wildman–Crippen LogP) is 3.09. The molecule has 0 saturated carbocycles. The Hall–Kier alpha value is -2.63. The average molecular weight is 292 g/mol. The van der Waals surface area contributed by atoms with Gasteiger partial charge in [-0.15, -0.1) is 0 Å². The average Bonchev–Trinajstić information content (AvgIpc) is 2.45. The van der Waals surface area contributed by atoms with E-state index in [4.69, 9.17) is 10.5 Å². The highest BCUT2D eigenvalue weighted by Gasteiger charge is 2.10. The van der Waals surface area contributed by atoms with E-state index in [0.717, 1.165) is 12.1 Å². The van der Waals surface area contributed by atoms with E-state index in [-0.39, 0.29) is 23.1 Å². The summed E-state index contributed by atoms with van der Waals surface area (Å²) in [6, 6.07) is 7.67. The molecule has 0 aliphatic carbocycles. The summed E-state index contributed by atoms with van der Waals surface area (Å²) in [4.78, 5) is 11.6. The summed E-state index contributed by atoms with van der Waals surface area (Å²) in [6.45, 7) is 2.31. The zero-order chi connectivity index (χ0) is 15.4. The molecule has 0 aliphatic rings. The third-order valence-corrected chi connectivity index (χ3v) is 2.73. The van der Waals surface area contributed by atoms with Crippen LogP contribution in [-0.4, -0.2) is 12.5 Å². The molecular formula is C15H14F2N2O2. The van der Waals surface area contributed by atoms with Crippen LogP contribution in [0.3, 0.4) is 0 Å². The zero-order valence-corrected chi connectivity index (χ0v) is 11.3. The molecule has 2 aromatic rings. The van der Waals surface area contributed by atoms with Crippen LogP contribution in [0.1, 0.15) is 17.3 Å². The molecule has 4 nitrogen and oxygen atoms in total. The van der Waals surface area contributed by atoms with Gasteiger partial charge in [-0.05, 0) is 37.3 Å². The first-order valence-electron chi connectivity index (χ1n) is 6.32. The molecule has 1 amide bonds. The molecule has 0 aromatic heterocycles. The SMILES string of the molecule is CCNC(=O)c1ccc(Oc2ccc(F)c(F)c2)c(N)c1. The fourth-order valence-electron chi connectivity index (χ4n) is 1.71. The highest BCUT2D eigenvalue weighted by Crippen LogP contribution is 2.29. The van der Waals surface area contributed by atoms with Crippen LogP contribution in [-0.2, 0) is 0 Å². The van der Waals surface area contributed by atoms with Gasteiger partial charge in [0, 0.05) is 18.2 Å². The van der Waals surface area contributed by atoms with Crippen LogP contribution in [0.15, 0.2) is 36.4 Å².